The summed E-state index contributed by atoms with van der Waals surface area (Å²) in [5.41, 5.74) is 16.9. The van der Waals surface area contributed by atoms with Gasteiger partial charge < -0.3 is 17.2 Å². The Morgan fingerprint density at radius 3 is 2.59 bits per heavy atom. The molecule has 8 heteroatoms. The average Bonchev–Trinajstić information content (AvgIpc) is 2.23. The van der Waals surface area contributed by atoms with Crippen molar-refractivity contribution in [3.63, 3.8) is 0 Å². The number of aromatic nitrogens is 2. The highest BCUT2D eigenvalue weighted by molar-refractivity contribution is 6.06. The van der Waals surface area contributed by atoms with Crippen molar-refractivity contribution >= 4 is 23.5 Å². The Balaban J connectivity index is 2.97. The Morgan fingerprint density at radius 1 is 1.35 bits per heavy atom. The van der Waals surface area contributed by atoms with Gasteiger partial charge >= 0.3 is 0 Å². The number of carbonyl (C=O) groups is 1. The monoisotopic (exact) mass is 237 g/mol. The van der Waals surface area contributed by atoms with Gasteiger partial charge in [-0.25, -0.2) is 9.97 Å². The van der Waals surface area contributed by atoms with E-state index in [1.165, 1.54) is 0 Å². The molecule has 0 saturated heterocycles. The molecule has 0 bridgehead atoms. The number of rotatable bonds is 2. The smallest absolute Gasteiger partial charge is 0.280 e. The minimum Gasteiger partial charge on any atom is -0.382 e. The quantitative estimate of drug-likeness (QED) is 0.384. The van der Waals surface area contributed by atoms with Crippen molar-refractivity contribution in [2.24, 2.45) is 10.7 Å². The van der Waals surface area contributed by atoms with Crippen LogP contribution in [0.1, 0.15) is 23.1 Å². The van der Waals surface area contributed by atoms with Crippen molar-refractivity contribution in [1.29, 1.82) is 0 Å². The summed E-state index contributed by atoms with van der Waals surface area (Å²) in [7, 11) is 0. The maximum atomic E-state index is 11.7. The lowest BCUT2D eigenvalue weighted by Gasteiger charge is -2.07. The highest BCUT2D eigenvalue weighted by Gasteiger charge is 2.15. The Hall–Kier alpha value is -2.38. The predicted molar refractivity (Wildman–Crippen MR) is 65.2 cm³/mol. The summed E-state index contributed by atoms with van der Waals surface area (Å²) < 4.78 is 0. The molecule has 0 radical (unpaired) electrons. The third-order valence-corrected chi connectivity index (χ3v) is 1.92. The van der Waals surface area contributed by atoms with E-state index < -0.39 is 5.91 Å². The third kappa shape index (κ3) is 3.03. The van der Waals surface area contributed by atoms with Gasteiger partial charge in [-0.2, -0.15) is 0 Å². The van der Waals surface area contributed by atoms with Crippen LogP contribution in [-0.2, 0) is 0 Å². The number of anilines is 2. The van der Waals surface area contributed by atoms with Gasteiger partial charge in [-0.3, -0.25) is 15.1 Å². The summed E-state index contributed by atoms with van der Waals surface area (Å²) in [5.74, 6) is -0.412. The standard InChI is InChI=1S/C9H15N7O/c1-3-13-9(12)16-8(17)5-7(11)15-6(10)4(2)14-5/h3H2,1-2H3,(H4,10,11,15)(H3,12,13,16,17). The fourth-order valence-corrected chi connectivity index (χ4v) is 1.10. The van der Waals surface area contributed by atoms with Gasteiger partial charge in [0.05, 0.1) is 5.69 Å². The zero-order chi connectivity index (χ0) is 13.0. The van der Waals surface area contributed by atoms with Gasteiger partial charge in [0.1, 0.15) is 5.82 Å². The molecule has 0 unspecified atom stereocenters. The fraction of sp³-hybridized carbons (Fsp3) is 0.333. The van der Waals surface area contributed by atoms with E-state index in [1.807, 2.05) is 0 Å². The number of nitrogens with two attached hydrogens (primary N) is 3. The van der Waals surface area contributed by atoms with Crippen LogP contribution in [0, 0.1) is 6.92 Å². The minimum atomic E-state index is -0.562. The van der Waals surface area contributed by atoms with E-state index in [0.29, 0.717) is 12.2 Å². The number of hydrogen-bond donors (Lipinski definition) is 4. The predicted octanol–water partition coefficient (Wildman–Crippen LogP) is -0.986. The summed E-state index contributed by atoms with van der Waals surface area (Å²) >= 11 is 0. The first-order valence-corrected chi connectivity index (χ1v) is 4.96. The molecule has 1 aromatic heterocycles. The minimum absolute atomic E-state index is 0.00757. The largest absolute Gasteiger partial charge is 0.382 e. The van der Waals surface area contributed by atoms with Gasteiger partial charge in [0.25, 0.3) is 5.91 Å². The van der Waals surface area contributed by atoms with E-state index in [9.17, 15) is 4.79 Å². The van der Waals surface area contributed by atoms with Crippen LogP contribution in [0.2, 0.25) is 0 Å². The van der Waals surface area contributed by atoms with Gasteiger partial charge in [0.2, 0.25) is 0 Å². The second-order valence-corrected chi connectivity index (χ2v) is 3.24. The Bertz CT molecular complexity index is 469. The molecule has 0 aliphatic carbocycles. The second kappa shape index (κ2) is 5.10. The lowest BCUT2D eigenvalue weighted by molar-refractivity contribution is 0.0972. The lowest BCUT2D eigenvalue weighted by Crippen LogP contribution is -2.38. The third-order valence-electron chi connectivity index (χ3n) is 1.92. The lowest BCUT2D eigenvalue weighted by atomic mass is 10.3. The molecule has 0 fully saturated rings. The van der Waals surface area contributed by atoms with Crippen molar-refractivity contribution < 1.29 is 4.79 Å². The van der Waals surface area contributed by atoms with Gasteiger partial charge in [-0.1, -0.05) is 0 Å². The van der Waals surface area contributed by atoms with Crippen molar-refractivity contribution in [3.05, 3.63) is 11.4 Å². The van der Waals surface area contributed by atoms with Crippen LogP contribution in [0.5, 0.6) is 0 Å². The highest BCUT2D eigenvalue weighted by Crippen LogP contribution is 2.11. The van der Waals surface area contributed by atoms with E-state index >= 15 is 0 Å². The number of aliphatic imine (C=N–C) groups is 1. The zero-order valence-electron chi connectivity index (χ0n) is 9.69. The zero-order valence-corrected chi connectivity index (χ0v) is 9.69. The first-order valence-electron chi connectivity index (χ1n) is 4.96. The molecule has 8 nitrogen and oxygen atoms in total. The summed E-state index contributed by atoms with van der Waals surface area (Å²) in [4.78, 5) is 23.3. The molecule has 0 saturated carbocycles. The molecule has 0 spiro atoms. The van der Waals surface area contributed by atoms with Crippen LogP contribution >= 0.6 is 0 Å². The van der Waals surface area contributed by atoms with Crippen molar-refractivity contribution in [2.75, 3.05) is 18.0 Å². The molecular formula is C9H15N7O. The molecular weight excluding hydrogens is 222 g/mol. The molecule has 92 valence electrons. The normalized spacial score (nSPS) is 11.3. The number of nitrogens with zero attached hydrogens (tertiary/aromatic N) is 3. The Labute approximate surface area is 98.3 Å². The van der Waals surface area contributed by atoms with Crippen LogP contribution in [0.15, 0.2) is 4.99 Å². The van der Waals surface area contributed by atoms with Crippen molar-refractivity contribution in [1.82, 2.24) is 15.3 Å². The molecule has 1 rings (SSSR count). The van der Waals surface area contributed by atoms with E-state index in [1.54, 1.807) is 13.8 Å². The SMILES string of the molecule is CCN=C(N)NC(=O)c1nc(C)c(N)nc1N. The van der Waals surface area contributed by atoms with Crippen molar-refractivity contribution in [2.45, 2.75) is 13.8 Å². The molecule has 17 heavy (non-hydrogen) atoms. The summed E-state index contributed by atoms with van der Waals surface area (Å²) in [6.07, 6.45) is 0. The number of aryl methyl sites for hydroxylation is 1. The number of nitrogen functional groups attached to an aromatic ring is 2. The summed E-state index contributed by atoms with van der Waals surface area (Å²) in [6, 6.07) is 0. The molecule has 7 N–H and O–H groups in total. The molecule has 0 aliphatic rings. The highest BCUT2D eigenvalue weighted by atomic mass is 16.2. The number of nitrogens with one attached hydrogen (secondary N) is 1. The summed E-state index contributed by atoms with van der Waals surface area (Å²) in [6.45, 7) is 3.89. The maximum absolute atomic E-state index is 11.7. The molecule has 1 amide bonds. The van der Waals surface area contributed by atoms with Gasteiger partial charge in [-0.05, 0) is 13.8 Å². The first kappa shape index (κ1) is 12.7. The average molecular weight is 237 g/mol. The van der Waals surface area contributed by atoms with E-state index in [0.717, 1.165) is 0 Å². The van der Waals surface area contributed by atoms with Crippen LogP contribution in [0.3, 0.4) is 0 Å². The van der Waals surface area contributed by atoms with E-state index in [2.05, 4.69) is 20.3 Å². The first-order chi connectivity index (χ1) is 7.95. The van der Waals surface area contributed by atoms with Crippen LogP contribution in [0.4, 0.5) is 11.6 Å². The number of guanidine groups is 1. The molecule has 0 atom stereocenters. The van der Waals surface area contributed by atoms with E-state index in [4.69, 9.17) is 17.2 Å². The Kier molecular flexibility index (Phi) is 3.81. The number of amides is 1. The molecule has 1 aromatic rings. The van der Waals surface area contributed by atoms with Gasteiger partial charge in [-0.15, -0.1) is 0 Å². The van der Waals surface area contributed by atoms with Crippen molar-refractivity contribution in [3.8, 4) is 0 Å². The number of carbonyl (C=O) groups excluding carboxylic acids is 1. The van der Waals surface area contributed by atoms with Gasteiger partial charge in [0.15, 0.2) is 17.5 Å². The van der Waals surface area contributed by atoms with Gasteiger partial charge in [0, 0.05) is 6.54 Å². The van der Waals surface area contributed by atoms with Crippen LogP contribution < -0.4 is 22.5 Å². The van der Waals surface area contributed by atoms with Crippen LogP contribution in [-0.4, -0.2) is 28.4 Å². The maximum Gasteiger partial charge on any atom is 0.280 e. The molecule has 0 aromatic carbocycles. The van der Waals surface area contributed by atoms with Crippen LogP contribution in [0.25, 0.3) is 0 Å². The fourth-order valence-electron chi connectivity index (χ4n) is 1.10. The Morgan fingerprint density at radius 2 is 2.00 bits per heavy atom. The molecule has 0 aliphatic heterocycles. The summed E-state index contributed by atoms with van der Waals surface area (Å²) in [5, 5.41) is 2.35. The number of hydrogen-bond acceptors (Lipinski definition) is 6. The van der Waals surface area contributed by atoms with E-state index in [-0.39, 0.29) is 23.3 Å². The molecule has 1 heterocycles. The topological polar surface area (TPSA) is 145 Å². The second-order valence-electron chi connectivity index (χ2n) is 3.24.